The zero-order valence-corrected chi connectivity index (χ0v) is 11.1. The van der Waals surface area contributed by atoms with Crippen LogP contribution in [-0.4, -0.2) is 12.0 Å². The first kappa shape index (κ1) is 14.7. The largest absolute Gasteiger partial charge is 0.457 e. The molecule has 1 aliphatic carbocycles. The molecule has 0 fully saturated rings. The molecule has 0 amide bonds. The number of hydrogen-bond donors (Lipinski definition) is 1. The first-order valence-electron chi connectivity index (χ1n) is 6.41. The van der Waals surface area contributed by atoms with Gasteiger partial charge in [-0.05, 0) is 36.8 Å². The SMILES string of the molecule is CCC(F)(F)C1=C(Oc2ccc(F)cc2)C=CC(N)C1. The van der Waals surface area contributed by atoms with Crippen LogP contribution in [0.25, 0.3) is 0 Å². The Morgan fingerprint density at radius 1 is 1.30 bits per heavy atom. The average molecular weight is 283 g/mol. The van der Waals surface area contributed by atoms with Gasteiger partial charge in [-0.3, -0.25) is 0 Å². The van der Waals surface area contributed by atoms with Crippen LogP contribution in [0.3, 0.4) is 0 Å². The molecule has 20 heavy (non-hydrogen) atoms. The quantitative estimate of drug-likeness (QED) is 0.912. The van der Waals surface area contributed by atoms with Gasteiger partial charge in [0, 0.05) is 18.0 Å². The van der Waals surface area contributed by atoms with Gasteiger partial charge < -0.3 is 10.5 Å². The number of allylic oxidation sites excluding steroid dienone is 1. The lowest BCUT2D eigenvalue weighted by Crippen LogP contribution is -2.30. The molecule has 0 heterocycles. The zero-order chi connectivity index (χ0) is 14.8. The van der Waals surface area contributed by atoms with Crippen LogP contribution >= 0.6 is 0 Å². The van der Waals surface area contributed by atoms with Gasteiger partial charge in [0.2, 0.25) is 0 Å². The lowest BCUT2D eigenvalue weighted by molar-refractivity contribution is 0.0295. The van der Waals surface area contributed by atoms with E-state index in [0.29, 0.717) is 5.75 Å². The molecule has 0 aliphatic heterocycles. The Kier molecular flexibility index (Phi) is 4.18. The summed E-state index contributed by atoms with van der Waals surface area (Å²) < 4.78 is 46.2. The Labute approximate surface area is 115 Å². The van der Waals surface area contributed by atoms with Gasteiger partial charge in [0.25, 0.3) is 5.92 Å². The molecule has 2 N–H and O–H groups in total. The first-order chi connectivity index (χ1) is 9.42. The van der Waals surface area contributed by atoms with Gasteiger partial charge >= 0.3 is 0 Å². The topological polar surface area (TPSA) is 35.2 Å². The average Bonchev–Trinajstić information content (AvgIpc) is 2.43. The molecule has 1 aliphatic rings. The van der Waals surface area contributed by atoms with Gasteiger partial charge in [-0.15, -0.1) is 0 Å². The number of alkyl halides is 2. The van der Waals surface area contributed by atoms with Crippen LogP contribution in [-0.2, 0) is 0 Å². The van der Waals surface area contributed by atoms with Crippen molar-refractivity contribution in [2.75, 3.05) is 0 Å². The van der Waals surface area contributed by atoms with E-state index < -0.39 is 17.8 Å². The third-order valence-corrected chi connectivity index (χ3v) is 3.16. The molecule has 0 saturated carbocycles. The minimum Gasteiger partial charge on any atom is -0.457 e. The van der Waals surface area contributed by atoms with E-state index in [9.17, 15) is 13.2 Å². The van der Waals surface area contributed by atoms with Gasteiger partial charge in [0.15, 0.2) is 0 Å². The molecule has 1 aromatic carbocycles. The minimum atomic E-state index is -2.96. The number of nitrogens with two attached hydrogens (primary N) is 1. The van der Waals surface area contributed by atoms with Crippen molar-refractivity contribution >= 4 is 0 Å². The Morgan fingerprint density at radius 3 is 2.55 bits per heavy atom. The second-order valence-electron chi connectivity index (χ2n) is 4.68. The lowest BCUT2D eigenvalue weighted by atomic mass is 9.93. The molecule has 1 unspecified atom stereocenters. The van der Waals surface area contributed by atoms with Crippen molar-refractivity contribution in [3.8, 4) is 5.75 Å². The smallest absolute Gasteiger partial charge is 0.273 e. The van der Waals surface area contributed by atoms with Crippen LogP contribution in [0.15, 0.2) is 47.7 Å². The Morgan fingerprint density at radius 2 is 1.95 bits per heavy atom. The monoisotopic (exact) mass is 283 g/mol. The first-order valence-corrected chi connectivity index (χ1v) is 6.41. The van der Waals surface area contributed by atoms with E-state index in [2.05, 4.69) is 0 Å². The number of rotatable bonds is 4. The molecule has 5 heteroatoms. The van der Waals surface area contributed by atoms with Crippen LogP contribution in [0, 0.1) is 5.82 Å². The van der Waals surface area contributed by atoms with Gasteiger partial charge in [-0.2, -0.15) is 0 Å². The second-order valence-corrected chi connectivity index (χ2v) is 4.68. The maximum absolute atomic E-state index is 13.9. The third kappa shape index (κ3) is 3.22. The molecule has 1 atom stereocenters. The number of halogens is 3. The van der Waals surface area contributed by atoms with Crippen LogP contribution in [0.2, 0.25) is 0 Å². The van der Waals surface area contributed by atoms with Crippen molar-refractivity contribution in [3.63, 3.8) is 0 Å². The Balaban J connectivity index is 2.32. The molecular formula is C15H16F3NO. The fourth-order valence-electron chi connectivity index (χ4n) is 1.98. The maximum Gasteiger partial charge on any atom is 0.273 e. The predicted octanol–water partition coefficient (Wildman–Crippen LogP) is 3.79. The van der Waals surface area contributed by atoms with Crippen LogP contribution in [0.5, 0.6) is 5.75 Å². The number of hydrogen-bond acceptors (Lipinski definition) is 2. The molecule has 0 saturated heterocycles. The van der Waals surface area contributed by atoms with Crippen molar-refractivity contribution < 1.29 is 17.9 Å². The van der Waals surface area contributed by atoms with Crippen molar-refractivity contribution in [2.45, 2.75) is 31.7 Å². The summed E-state index contributed by atoms with van der Waals surface area (Å²) in [4.78, 5) is 0. The normalized spacial score (nSPS) is 19.4. The maximum atomic E-state index is 13.9. The van der Waals surface area contributed by atoms with Crippen LogP contribution in [0.4, 0.5) is 13.2 Å². The molecule has 0 aromatic heterocycles. The highest BCUT2D eigenvalue weighted by molar-refractivity contribution is 5.36. The van der Waals surface area contributed by atoms with Gasteiger partial charge in [-0.1, -0.05) is 13.0 Å². The number of benzene rings is 1. The molecule has 2 nitrogen and oxygen atoms in total. The Bertz CT molecular complexity index is 535. The molecular weight excluding hydrogens is 267 g/mol. The van der Waals surface area contributed by atoms with Crippen molar-refractivity contribution in [1.82, 2.24) is 0 Å². The van der Waals surface area contributed by atoms with Gasteiger partial charge in [0.1, 0.15) is 17.3 Å². The van der Waals surface area contributed by atoms with E-state index >= 15 is 0 Å². The standard InChI is InChI=1S/C15H16F3NO/c1-2-15(17,18)13-9-11(19)5-8-14(13)20-12-6-3-10(16)4-7-12/h3-8,11H,2,9,19H2,1H3. The summed E-state index contributed by atoms with van der Waals surface area (Å²) in [5.41, 5.74) is 5.58. The third-order valence-electron chi connectivity index (χ3n) is 3.16. The van der Waals surface area contributed by atoms with E-state index in [1.54, 1.807) is 6.08 Å². The summed E-state index contributed by atoms with van der Waals surface area (Å²) >= 11 is 0. The predicted molar refractivity (Wildman–Crippen MR) is 71.0 cm³/mol. The molecule has 0 spiro atoms. The summed E-state index contributed by atoms with van der Waals surface area (Å²) in [6.07, 6.45) is 2.80. The molecule has 2 rings (SSSR count). The molecule has 0 radical (unpaired) electrons. The molecule has 1 aromatic rings. The zero-order valence-electron chi connectivity index (χ0n) is 11.1. The number of ether oxygens (including phenoxy) is 1. The Hall–Kier alpha value is -1.75. The van der Waals surface area contributed by atoms with Crippen LogP contribution < -0.4 is 10.5 Å². The summed E-state index contributed by atoms with van der Waals surface area (Å²) in [7, 11) is 0. The summed E-state index contributed by atoms with van der Waals surface area (Å²) in [5, 5.41) is 0. The van der Waals surface area contributed by atoms with Crippen molar-refractivity contribution in [1.29, 1.82) is 0 Å². The van der Waals surface area contributed by atoms with E-state index in [1.807, 2.05) is 0 Å². The highest BCUT2D eigenvalue weighted by Gasteiger charge is 2.36. The van der Waals surface area contributed by atoms with Crippen LogP contribution in [0.1, 0.15) is 19.8 Å². The van der Waals surface area contributed by atoms with Gasteiger partial charge in [0.05, 0.1) is 0 Å². The molecule has 108 valence electrons. The minimum absolute atomic E-state index is 0.0495. The van der Waals surface area contributed by atoms with E-state index in [1.165, 1.54) is 37.3 Å². The van der Waals surface area contributed by atoms with Crippen molar-refractivity contribution in [3.05, 3.63) is 53.6 Å². The fraction of sp³-hybridized carbons (Fsp3) is 0.333. The second kappa shape index (κ2) is 5.71. The highest BCUT2D eigenvalue weighted by Crippen LogP contribution is 2.36. The lowest BCUT2D eigenvalue weighted by Gasteiger charge is -2.26. The summed E-state index contributed by atoms with van der Waals surface area (Å²) in [5.74, 6) is -2.97. The van der Waals surface area contributed by atoms with E-state index in [4.69, 9.17) is 10.5 Å². The molecule has 0 bridgehead atoms. The summed E-state index contributed by atoms with van der Waals surface area (Å²) in [6, 6.07) is 4.78. The van der Waals surface area contributed by atoms with E-state index in [-0.39, 0.29) is 24.2 Å². The van der Waals surface area contributed by atoms with Gasteiger partial charge in [-0.25, -0.2) is 13.2 Å². The summed E-state index contributed by atoms with van der Waals surface area (Å²) in [6.45, 7) is 1.41. The van der Waals surface area contributed by atoms with E-state index in [0.717, 1.165) is 0 Å². The highest BCUT2D eigenvalue weighted by atomic mass is 19.3. The van der Waals surface area contributed by atoms with Crippen molar-refractivity contribution in [2.24, 2.45) is 5.73 Å². The fourth-order valence-corrected chi connectivity index (χ4v) is 1.98.